The van der Waals surface area contributed by atoms with E-state index in [1.54, 1.807) is 0 Å². The Kier molecular flexibility index (Phi) is 5.77. The Morgan fingerprint density at radius 1 is 0.750 bits per heavy atom. The van der Waals surface area contributed by atoms with Gasteiger partial charge in [0.2, 0.25) is 0 Å². The van der Waals surface area contributed by atoms with Gasteiger partial charge in [0.25, 0.3) is 30.4 Å². The fraction of sp³-hybridized carbons (Fsp3) is 0. The Labute approximate surface area is 159 Å². The van der Waals surface area contributed by atoms with E-state index in [4.69, 9.17) is 10.3 Å². The maximum Gasteiger partial charge on any atom is 0.295 e. The second-order valence-corrected chi connectivity index (χ2v) is 8.62. The summed E-state index contributed by atoms with van der Waals surface area (Å²) < 4.78 is 95.6. The molecule has 24 heavy (non-hydrogen) atoms. The quantitative estimate of drug-likeness (QED) is 0.301. The largest absolute Gasteiger partial charge is 0.398 e. The average Bonchev–Trinajstić information content (AvgIpc) is 2.34. The van der Waals surface area contributed by atoms with Gasteiger partial charge in [-0.05, 0) is 24.3 Å². The van der Waals surface area contributed by atoms with Gasteiger partial charge in [0, 0.05) is 46.0 Å². The monoisotopic (exact) mass is 406 g/mol. The molecule has 0 aliphatic heterocycles. The van der Waals surface area contributed by atoms with E-state index in [2.05, 4.69) is 0 Å². The molecule has 0 aliphatic carbocycles. The molecule has 0 saturated heterocycles. The minimum atomic E-state index is -5.03. The molecule has 10 nitrogen and oxygen atoms in total. The molecule has 0 heterocycles. The predicted octanol–water partition coefficient (Wildman–Crippen LogP) is -0.219. The van der Waals surface area contributed by atoms with Gasteiger partial charge < -0.3 is 5.73 Å². The molecule has 127 valence electrons. The van der Waals surface area contributed by atoms with Crippen LogP contribution in [0.1, 0.15) is 0 Å². The predicted molar refractivity (Wildman–Crippen MR) is 83.6 cm³/mol. The first-order valence-electron chi connectivity index (χ1n) is 5.51. The van der Waals surface area contributed by atoms with Crippen molar-refractivity contribution in [1.82, 2.24) is 0 Å². The van der Waals surface area contributed by atoms with Crippen LogP contribution in [0.5, 0.6) is 0 Å². The summed E-state index contributed by atoms with van der Waals surface area (Å²) in [6.45, 7) is 0. The zero-order chi connectivity index (χ0) is 17.8. The van der Waals surface area contributed by atoms with Crippen LogP contribution in [0.3, 0.4) is 0 Å². The van der Waals surface area contributed by atoms with Gasteiger partial charge in [-0.1, -0.05) is 0 Å². The van der Waals surface area contributed by atoms with Gasteiger partial charge in [-0.3, -0.25) is 13.7 Å². The van der Waals surface area contributed by atoms with Crippen LogP contribution in [0, 0.1) is 0 Å². The molecule has 0 unspecified atom stereocenters. The molecule has 5 N–H and O–H groups in total. The summed E-state index contributed by atoms with van der Waals surface area (Å²) in [5.41, 5.74) is 5.26. The first-order valence-corrected chi connectivity index (χ1v) is 9.83. The van der Waals surface area contributed by atoms with E-state index < -0.39 is 55.8 Å². The van der Waals surface area contributed by atoms with Crippen molar-refractivity contribution in [2.24, 2.45) is 0 Å². The van der Waals surface area contributed by atoms with E-state index in [0.717, 1.165) is 12.1 Å². The molecule has 0 atom stereocenters. The third kappa shape index (κ3) is 4.07. The minimum absolute atomic E-state index is 0. The summed E-state index contributed by atoms with van der Waals surface area (Å²) in [4.78, 5) is -2.89. The molecule has 2 aromatic rings. The van der Waals surface area contributed by atoms with Crippen molar-refractivity contribution in [3.8, 4) is 0 Å². The zero-order valence-corrected chi connectivity index (χ0v) is 16.4. The summed E-state index contributed by atoms with van der Waals surface area (Å²) in [5, 5.41) is -1.12. The van der Waals surface area contributed by atoms with E-state index >= 15 is 0 Å². The molecule has 1 radical (unpaired) electrons. The van der Waals surface area contributed by atoms with Crippen LogP contribution in [0.25, 0.3) is 10.8 Å². The standard InChI is InChI=1S/C10H9NO9S3.Na/c11-7-1-2-8(22(15,16)17)6-3-5(21(12,13)14)4-9(10(6)7)23(18,19)20;/h1-4H,11H2,(H,12,13,14)(H,15,16,17)(H,18,19,20);. The van der Waals surface area contributed by atoms with E-state index in [1.807, 2.05) is 0 Å². The van der Waals surface area contributed by atoms with Gasteiger partial charge in [0.15, 0.2) is 0 Å². The molecule has 2 rings (SSSR count). The molecule has 0 saturated carbocycles. The molecular formula is C10H9NNaO9S3. The van der Waals surface area contributed by atoms with Crippen LogP contribution < -0.4 is 5.73 Å². The third-order valence-corrected chi connectivity index (χ3v) is 5.52. The first kappa shape index (κ1) is 21.3. The van der Waals surface area contributed by atoms with Gasteiger partial charge >= 0.3 is 0 Å². The van der Waals surface area contributed by atoms with Crippen molar-refractivity contribution in [3.05, 3.63) is 24.3 Å². The summed E-state index contributed by atoms with van der Waals surface area (Å²) >= 11 is 0. The Bertz CT molecular complexity index is 1140. The molecular weight excluding hydrogens is 397 g/mol. The number of nitrogens with two attached hydrogens (primary N) is 1. The first-order chi connectivity index (χ1) is 10.2. The fourth-order valence-electron chi connectivity index (χ4n) is 2.00. The van der Waals surface area contributed by atoms with Gasteiger partial charge in [-0.15, -0.1) is 0 Å². The molecule has 0 aliphatic rings. The maximum atomic E-state index is 11.5. The minimum Gasteiger partial charge on any atom is -0.398 e. The van der Waals surface area contributed by atoms with Gasteiger partial charge in [-0.25, -0.2) is 0 Å². The van der Waals surface area contributed by atoms with Crippen LogP contribution in [0.4, 0.5) is 5.69 Å². The Hall–Kier alpha value is -0.770. The van der Waals surface area contributed by atoms with Gasteiger partial charge in [0.05, 0.1) is 4.90 Å². The molecule has 2 aromatic carbocycles. The Morgan fingerprint density at radius 2 is 1.25 bits per heavy atom. The van der Waals surface area contributed by atoms with Crippen LogP contribution >= 0.6 is 0 Å². The molecule has 0 aromatic heterocycles. The third-order valence-electron chi connectivity index (χ3n) is 2.90. The van der Waals surface area contributed by atoms with Crippen LogP contribution in [-0.4, -0.2) is 68.5 Å². The van der Waals surface area contributed by atoms with Gasteiger partial charge in [0.1, 0.15) is 9.79 Å². The summed E-state index contributed by atoms with van der Waals surface area (Å²) in [6, 6.07) is 2.79. The van der Waals surface area contributed by atoms with Crippen LogP contribution in [-0.2, 0) is 30.4 Å². The number of benzene rings is 2. The number of nitrogen functional groups attached to an aromatic ring is 1. The van der Waals surface area contributed by atoms with Crippen molar-refractivity contribution >= 4 is 76.4 Å². The molecule has 0 fully saturated rings. The molecule has 0 bridgehead atoms. The van der Waals surface area contributed by atoms with E-state index in [1.165, 1.54) is 0 Å². The molecule has 14 heteroatoms. The van der Waals surface area contributed by atoms with E-state index in [9.17, 15) is 34.4 Å². The SMILES string of the molecule is Nc1ccc(S(=O)(=O)O)c2cc(S(=O)(=O)O)cc(S(=O)(=O)O)c12.[Na]. The topological polar surface area (TPSA) is 189 Å². The average molecular weight is 406 g/mol. The normalized spacial score (nSPS) is 12.8. The van der Waals surface area contributed by atoms with Crippen molar-refractivity contribution < 1.29 is 38.9 Å². The number of anilines is 1. The number of hydrogen-bond donors (Lipinski definition) is 4. The Balaban J connectivity index is 0.00000288. The number of hydrogen-bond acceptors (Lipinski definition) is 7. The van der Waals surface area contributed by atoms with Crippen molar-refractivity contribution in [2.45, 2.75) is 14.7 Å². The number of rotatable bonds is 3. The second-order valence-electron chi connectivity index (χ2n) is 4.42. The Morgan fingerprint density at radius 3 is 1.67 bits per heavy atom. The summed E-state index contributed by atoms with van der Waals surface area (Å²) in [5.74, 6) is 0. The van der Waals surface area contributed by atoms with Gasteiger partial charge in [-0.2, -0.15) is 25.3 Å². The molecule has 0 amide bonds. The maximum absolute atomic E-state index is 11.5. The fourth-order valence-corrected chi connectivity index (χ4v) is 4.05. The molecule has 0 spiro atoms. The van der Waals surface area contributed by atoms with Crippen molar-refractivity contribution in [2.75, 3.05) is 5.73 Å². The summed E-state index contributed by atoms with van der Waals surface area (Å²) in [7, 11) is -14.9. The summed E-state index contributed by atoms with van der Waals surface area (Å²) in [6.07, 6.45) is 0. The van der Waals surface area contributed by atoms with E-state index in [-0.39, 0.29) is 35.2 Å². The van der Waals surface area contributed by atoms with E-state index in [0.29, 0.717) is 12.1 Å². The van der Waals surface area contributed by atoms with Crippen LogP contribution in [0.2, 0.25) is 0 Å². The second kappa shape index (κ2) is 6.51. The van der Waals surface area contributed by atoms with Crippen molar-refractivity contribution in [3.63, 3.8) is 0 Å². The number of fused-ring (bicyclic) bond motifs is 1. The van der Waals surface area contributed by atoms with Crippen LogP contribution in [0.15, 0.2) is 39.0 Å². The zero-order valence-electron chi connectivity index (χ0n) is 11.9. The van der Waals surface area contributed by atoms with Crippen molar-refractivity contribution in [1.29, 1.82) is 0 Å². The smallest absolute Gasteiger partial charge is 0.295 e.